The molecule has 0 aliphatic rings. The Hall–Kier alpha value is -2.78. The Bertz CT molecular complexity index is 650. The SMILES string of the molecule is [N-]=[N+]=C(C(=O)Oc1cccc(F)c1)c1ccccc1. The van der Waals surface area contributed by atoms with Crippen LogP contribution in [0.2, 0.25) is 0 Å². The molecule has 5 heteroatoms. The van der Waals surface area contributed by atoms with Gasteiger partial charge in [0, 0.05) is 6.07 Å². The second kappa shape index (κ2) is 5.71. The third kappa shape index (κ3) is 3.12. The van der Waals surface area contributed by atoms with Gasteiger partial charge in [-0.25, -0.2) is 9.18 Å². The Kier molecular flexibility index (Phi) is 3.81. The normalized spacial score (nSPS) is 9.53. The topological polar surface area (TPSA) is 62.7 Å². The van der Waals surface area contributed by atoms with Crippen molar-refractivity contribution in [2.75, 3.05) is 0 Å². The molecule has 4 nitrogen and oxygen atoms in total. The van der Waals surface area contributed by atoms with Gasteiger partial charge in [-0.05, 0) is 24.3 Å². The highest BCUT2D eigenvalue weighted by Gasteiger charge is 2.25. The molecule has 0 unspecified atom stereocenters. The van der Waals surface area contributed by atoms with E-state index in [0.29, 0.717) is 5.56 Å². The molecule has 0 radical (unpaired) electrons. The van der Waals surface area contributed by atoms with E-state index in [1.54, 1.807) is 30.3 Å². The summed E-state index contributed by atoms with van der Waals surface area (Å²) >= 11 is 0. The van der Waals surface area contributed by atoms with Crippen molar-refractivity contribution in [1.82, 2.24) is 0 Å². The number of nitrogens with zero attached hydrogens (tertiary/aromatic N) is 2. The average molecular weight is 256 g/mol. The monoisotopic (exact) mass is 256 g/mol. The maximum Gasteiger partial charge on any atom is 0.427 e. The first-order valence-electron chi connectivity index (χ1n) is 5.46. The van der Waals surface area contributed by atoms with Gasteiger partial charge in [0.2, 0.25) is 0 Å². The molecule has 94 valence electrons. The molecule has 0 amide bonds. The maximum atomic E-state index is 13.0. The van der Waals surface area contributed by atoms with Crippen LogP contribution in [0.3, 0.4) is 0 Å². The van der Waals surface area contributed by atoms with Gasteiger partial charge in [-0.1, -0.05) is 24.3 Å². The smallest absolute Gasteiger partial charge is 0.418 e. The van der Waals surface area contributed by atoms with Crippen LogP contribution >= 0.6 is 0 Å². The molecule has 0 aliphatic heterocycles. The molecule has 2 rings (SSSR count). The standard InChI is InChI=1S/C14H9FN2O2/c15-11-7-4-8-12(9-11)19-14(18)13(17-16)10-5-2-1-3-6-10/h1-9H. The molecule has 2 aromatic carbocycles. The fraction of sp³-hybridized carbons (Fsp3) is 0. The van der Waals surface area contributed by atoms with Crippen LogP contribution in [-0.2, 0) is 4.79 Å². The molecule has 0 saturated carbocycles. The summed E-state index contributed by atoms with van der Waals surface area (Å²) in [5, 5.41) is 0. The molecule has 0 atom stereocenters. The van der Waals surface area contributed by atoms with Gasteiger partial charge in [0.25, 0.3) is 0 Å². The van der Waals surface area contributed by atoms with Gasteiger partial charge in [-0.2, -0.15) is 4.79 Å². The predicted octanol–water partition coefficient (Wildman–Crippen LogP) is 2.45. The lowest BCUT2D eigenvalue weighted by Crippen LogP contribution is -2.22. The molecule has 0 saturated heterocycles. The zero-order valence-electron chi connectivity index (χ0n) is 9.79. The first kappa shape index (κ1) is 12.7. The van der Waals surface area contributed by atoms with E-state index in [2.05, 4.69) is 4.79 Å². The first-order valence-corrected chi connectivity index (χ1v) is 5.46. The average Bonchev–Trinajstić information content (AvgIpc) is 2.41. The Morgan fingerprint density at radius 3 is 2.47 bits per heavy atom. The lowest BCUT2D eigenvalue weighted by Gasteiger charge is -2.01. The third-order valence-corrected chi connectivity index (χ3v) is 2.35. The van der Waals surface area contributed by atoms with Crippen molar-refractivity contribution in [3.63, 3.8) is 0 Å². The van der Waals surface area contributed by atoms with E-state index in [1.165, 1.54) is 18.2 Å². The highest BCUT2D eigenvalue weighted by atomic mass is 19.1. The van der Waals surface area contributed by atoms with E-state index in [4.69, 9.17) is 10.3 Å². The molecule has 2 aromatic rings. The van der Waals surface area contributed by atoms with Gasteiger partial charge in [0.15, 0.2) is 0 Å². The molecule has 0 aromatic heterocycles. The van der Waals surface area contributed by atoms with Gasteiger partial charge < -0.3 is 10.3 Å². The highest BCUT2D eigenvalue weighted by Crippen LogP contribution is 2.13. The lowest BCUT2D eigenvalue weighted by molar-refractivity contribution is -0.131. The lowest BCUT2D eigenvalue weighted by atomic mass is 10.1. The minimum Gasteiger partial charge on any atom is -0.418 e. The van der Waals surface area contributed by atoms with E-state index >= 15 is 0 Å². The van der Waals surface area contributed by atoms with Gasteiger partial charge in [-0.3, -0.25) is 0 Å². The van der Waals surface area contributed by atoms with Crippen molar-refractivity contribution in [2.24, 2.45) is 0 Å². The zero-order valence-corrected chi connectivity index (χ0v) is 9.79. The fourth-order valence-electron chi connectivity index (χ4n) is 1.50. The van der Waals surface area contributed by atoms with Gasteiger partial charge in [0.1, 0.15) is 11.6 Å². The van der Waals surface area contributed by atoms with Crippen LogP contribution in [0.4, 0.5) is 4.39 Å². The highest BCUT2D eigenvalue weighted by molar-refractivity contribution is 6.41. The Morgan fingerprint density at radius 1 is 1.11 bits per heavy atom. The van der Waals surface area contributed by atoms with Crippen molar-refractivity contribution in [1.29, 1.82) is 0 Å². The molecule has 0 heterocycles. The quantitative estimate of drug-likeness (QED) is 0.278. The molecular weight excluding hydrogens is 247 g/mol. The fourth-order valence-corrected chi connectivity index (χ4v) is 1.50. The summed E-state index contributed by atoms with van der Waals surface area (Å²) in [6.45, 7) is 0. The maximum absolute atomic E-state index is 13.0. The minimum atomic E-state index is -0.862. The van der Waals surface area contributed by atoms with E-state index < -0.39 is 11.8 Å². The first-order chi connectivity index (χ1) is 9.20. The second-order valence-electron chi connectivity index (χ2n) is 3.66. The van der Waals surface area contributed by atoms with Crippen LogP contribution < -0.4 is 4.74 Å². The Balaban J connectivity index is 2.22. The predicted molar refractivity (Wildman–Crippen MR) is 66.2 cm³/mol. The summed E-state index contributed by atoms with van der Waals surface area (Å²) in [5.74, 6) is -1.34. The Labute approximate surface area is 108 Å². The van der Waals surface area contributed by atoms with Gasteiger partial charge in [0.05, 0.1) is 5.56 Å². The number of hydrogen-bond donors (Lipinski definition) is 0. The number of halogens is 1. The molecule has 19 heavy (non-hydrogen) atoms. The molecule has 0 aliphatic carbocycles. The molecular formula is C14H9FN2O2. The van der Waals surface area contributed by atoms with Crippen molar-refractivity contribution in [3.8, 4) is 5.75 Å². The van der Waals surface area contributed by atoms with Crippen molar-refractivity contribution >= 4 is 11.7 Å². The molecule has 0 N–H and O–H groups in total. The van der Waals surface area contributed by atoms with Crippen LogP contribution in [0.25, 0.3) is 5.53 Å². The van der Waals surface area contributed by atoms with E-state index in [-0.39, 0.29) is 11.5 Å². The van der Waals surface area contributed by atoms with Crippen LogP contribution in [-0.4, -0.2) is 16.5 Å². The number of carbonyl (C=O) groups excluding carboxylic acids is 1. The molecule has 0 fully saturated rings. The minimum absolute atomic E-state index is 0.0436. The van der Waals surface area contributed by atoms with Crippen molar-refractivity contribution in [3.05, 3.63) is 71.5 Å². The van der Waals surface area contributed by atoms with Gasteiger partial charge in [-0.15, -0.1) is 0 Å². The number of hydrogen-bond acceptors (Lipinski definition) is 2. The molecule has 0 bridgehead atoms. The number of ether oxygens (including phenoxy) is 1. The van der Waals surface area contributed by atoms with Crippen LogP contribution in [0.15, 0.2) is 54.6 Å². The largest absolute Gasteiger partial charge is 0.427 e. The number of benzene rings is 2. The van der Waals surface area contributed by atoms with E-state index in [1.807, 2.05) is 0 Å². The second-order valence-corrected chi connectivity index (χ2v) is 3.66. The zero-order chi connectivity index (χ0) is 13.7. The van der Waals surface area contributed by atoms with E-state index in [9.17, 15) is 9.18 Å². The number of carbonyl (C=O) groups is 1. The molecule has 0 spiro atoms. The Morgan fingerprint density at radius 2 is 1.84 bits per heavy atom. The van der Waals surface area contributed by atoms with Crippen LogP contribution in [0.5, 0.6) is 5.75 Å². The number of rotatable bonds is 3. The van der Waals surface area contributed by atoms with Crippen LogP contribution in [0.1, 0.15) is 5.56 Å². The number of esters is 1. The summed E-state index contributed by atoms with van der Waals surface area (Å²) in [6.07, 6.45) is 0. The van der Waals surface area contributed by atoms with Gasteiger partial charge >= 0.3 is 11.7 Å². The summed E-state index contributed by atoms with van der Waals surface area (Å²) in [5.41, 5.74) is 9.06. The summed E-state index contributed by atoms with van der Waals surface area (Å²) in [6, 6.07) is 13.5. The summed E-state index contributed by atoms with van der Waals surface area (Å²) in [4.78, 5) is 14.7. The van der Waals surface area contributed by atoms with Crippen LogP contribution in [0, 0.1) is 5.82 Å². The summed E-state index contributed by atoms with van der Waals surface area (Å²) in [7, 11) is 0. The summed E-state index contributed by atoms with van der Waals surface area (Å²) < 4.78 is 17.9. The van der Waals surface area contributed by atoms with Crippen molar-refractivity contribution in [2.45, 2.75) is 0 Å². The van der Waals surface area contributed by atoms with Crippen molar-refractivity contribution < 1.29 is 18.7 Å². The van der Waals surface area contributed by atoms with E-state index in [0.717, 1.165) is 6.07 Å². The third-order valence-electron chi connectivity index (χ3n) is 2.35.